The number of esters is 1. The van der Waals surface area contributed by atoms with Gasteiger partial charge >= 0.3 is 5.97 Å². The lowest BCUT2D eigenvalue weighted by atomic mass is 9.41. The molecule has 4 saturated heterocycles. The number of benzene rings is 1. The van der Waals surface area contributed by atoms with Gasteiger partial charge in [-0.25, -0.2) is 4.79 Å². The van der Waals surface area contributed by atoms with Crippen molar-refractivity contribution in [2.75, 3.05) is 28.4 Å². The predicted molar refractivity (Wildman–Crippen MR) is 279 cm³/mol. The standard InChI is InChI=1S/C58H88O21/c1-30-46(61)51(70-11)47(62)52(74-30)79-50-33(4)73-45(27-39(50)69-10)78-49-32(3)72-44(26-38(49)68-9)77-48-31(2)71-43(25-37(48)67-8)75-36-19-20-53(6)40-28-41(76-42(60)18-17-35-15-13-12-14-16-35)54(7)56(64,34(5)59)23-24-58(54,66)57(40,65)22-21-55(53,63)29-36/h12-18,21-22,30-34,36-41,43-52,59,61-66H,19-20,23-29H2,1-11H3. The quantitative estimate of drug-likeness (QED) is 0.0712. The molecule has 7 fully saturated rings. The van der Waals surface area contributed by atoms with Crippen molar-refractivity contribution in [1.82, 2.24) is 0 Å². The maximum absolute atomic E-state index is 13.7. The Kier molecular flexibility index (Phi) is 18.1. The minimum Gasteiger partial charge on any atom is -0.458 e. The predicted octanol–water partition coefficient (Wildman–Crippen LogP) is 2.97. The topological polar surface area (TPSA) is 279 Å². The van der Waals surface area contributed by atoms with Crippen molar-refractivity contribution in [1.29, 1.82) is 0 Å². The van der Waals surface area contributed by atoms with Crippen LogP contribution in [0.3, 0.4) is 0 Å². The number of rotatable bonds is 16. The molecule has 27 unspecified atom stereocenters. The first-order chi connectivity index (χ1) is 37.3. The fraction of sp³-hybridized carbons (Fsp3) is 0.810. The van der Waals surface area contributed by atoms with Crippen LogP contribution in [0, 0.1) is 16.7 Å². The SMILES string of the molecule is COC1CC(OC2CCC3(C)C4CC(OC(=O)C=Cc5ccccc5)C5(C)C(O)(C(C)O)CCC5(O)C4(O)C=CC3(O)C2)OC(C)C1OC1CC(OC)C(OC2CC(OC)C(OC3OC(C)C(O)C(OC)C3O)C(C)O2)C(C)O1. The highest BCUT2D eigenvalue weighted by Crippen LogP contribution is 2.71. The fourth-order valence-electron chi connectivity index (χ4n) is 15.2. The summed E-state index contributed by atoms with van der Waals surface area (Å²) in [6.07, 6.45) is -7.51. The Hall–Kier alpha value is -2.59. The van der Waals surface area contributed by atoms with Crippen LogP contribution in [0.5, 0.6) is 0 Å². The lowest BCUT2D eigenvalue weighted by molar-refractivity contribution is -0.356. The molecular formula is C58H88O21. The van der Waals surface area contributed by atoms with Crippen LogP contribution < -0.4 is 0 Å². The molecule has 9 rings (SSSR count). The zero-order valence-electron chi connectivity index (χ0n) is 47.5. The molecule has 1 aromatic carbocycles. The van der Waals surface area contributed by atoms with Crippen LogP contribution in [-0.2, 0) is 66.4 Å². The summed E-state index contributed by atoms with van der Waals surface area (Å²) < 4.78 is 80.8. The molecule has 7 N–H and O–H groups in total. The Morgan fingerprint density at radius 3 is 1.73 bits per heavy atom. The van der Waals surface area contributed by atoms with Gasteiger partial charge in [-0.15, -0.1) is 0 Å². The second-order valence-corrected chi connectivity index (χ2v) is 24.2. The van der Waals surface area contributed by atoms with Crippen LogP contribution in [0.1, 0.15) is 112 Å². The fourth-order valence-corrected chi connectivity index (χ4v) is 15.2. The van der Waals surface area contributed by atoms with Gasteiger partial charge in [-0.2, -0.15) is 0 Å². The van der Waals surface area contributed by atoms with E-state index >= 15 is 0 Å². The first kappa shape index (κ1) is 61.0. The number of ether oxygens (including phenoxy) is 13. The summed E-state index contributed by atoms with van der Waals surface area (Å²) in [5.74, 6) is -1.58. The number of carbonyl (C=O) groups excluding carboxylic acids is 1. The molecule has 0 amide bonds. The van der Waals surface area contributed by atoms with Crippen LogP contribution in [0.4, 0.5) is 0 Å². The van der Waals surface area contributed by atoms with Gasteiger partial charge in [0.2, 0.25) is 0 Å². The van der Waals surface area contributed by atoms with E-state index in [-0.39, 0.29) is 32.1 Å². The smallest absolute Gasteiger partial charge is 0.331 e. The molecule has 0 spiro atoms. The minimum absolute atomic E-state index is 0.0282. The number of aliphatic hydroxyl groups excluding tert-OH is 3. The van der Waals surface area contributed by atoms with E-state index in [0.29, 0.717) is 25.7 Å². The van der Waals surface area contributed by atoms with Gasteiger partial charge in [0.05, 0.1) is 66.0 Å². The van der Waals surface area contributed by atoms with Crippen LogP contribution in [0.15, 0.2) is 48.6 Å². The van der Waals surface area contributed by atoms with E-state index in [1.54, 1.807) is 47.3 Å². The third-order valence-corrected chi connectivity index (χ3v) is 20.0. The molecule has 4 aliphatic carbocycles. The molecule has 4 aliphatic heterocycles. The molecule has 21 heteroatoms. The van der Waals surface area contributed by atoms with Crippen molar-refractivity contribution in [3.05, 3.63) is 54.1 Å². The van der Waals surface area contributed by atoms with E-state index in [0.717, 1.165) is 5.56 Å². The zero-order chi connectivity index (χ0) is 57.2. The van der Waals surface area contributed by atoms with E-state index in [2.05, 4.69) is 0 Å². The highest BCUT2D eigenvalue weighted by molar-refractivity contribution is 5.87. The number of methoxy groups -OCH3 is 4. The van der Waals surface area contributed by atoms with E-state index < -0.39 is 168 Å². The number of aliphatic hydroxyl groups is 7. The minimum atomic E-state index is -2.09. The van der Waals surface area contributed by atoms with Crippen molar-refractivity contribution in [3.63, 3.8) is 0 Å². The van der Waals surface area contributed by atoms with Gasteiger partial charge in [-0.3, -0.25) is 0 Å². The van der Waals surface area contributed by atoms with Crippen molar-refractivity contribution in [2.45, 2.75) is 251 Å². The lowest BCUT2D eigenvalue weighted by Crippen LogP contribution is -2.80. The Labute approximate surface area is 463 Å². The van der Waals surface area contributed by atoms with E-state index in [4.69, 9.17) is 61.6 Å². The Bertz CT molecular complexity index is 2290. The summed E-state index contributed by atoms with van der Waals surface area (Å²) in [4.78, 5) is 13.7. The summed E-state index contributed by atoms with van der Waals surface area (Å²) in [6.45, 7) is 12.2. The number of fused-ring (bicyclic) bond motifs is 5. The van der Waals surface area contributed by atoms with Gasteiger partial charge in [-0.1, -0.05) is 56.3 Å². The van der Waals surface area contributed by atoms with Gasteiger partial charge in [0.15, 0.2) is 25.2 Å². The van der Waals surface area contributed by atoms with Gasteiger partial charge in [-0.05, 0) is 78.4 Å². The summed E-state index contributed by atoms with van der Waals surface area (Å²) in [6, 6.07) is 9.21. The van der Waals surface area contributed by atoms with Crippen molar-refractivity contribution in [3.8, 4) is 0 Å². The van der Waals surface area contributed by atoms with Gasteiger partial charge in [0.1, 0.15) is 59.5 Å². The molecule has 21 nitrogen and oxygen atoms in total. The molecule has 3 saturated carbocycles. The van der Waals surface area contributed by atoms with E-state index in [1.807, 2.05) is 58.0 Å². The molecule has 4 heterocycles. The van der Waals surface area contributed by atoms with Crippen molar-refractivity contribution in [2.24, 2.45) is 16.7 Å². The first-order valence-corrected chi connectivity index (χ1v) is 28.3. The second kappa shape index (κ2) is 23.5. The monoisotopic (exact) mass is 1120 g/mol. The molecule has 0 aromatic heterocycles. The summed E-state index contributed by atoms with van der Waals surface area (Å²) in [5.41, 5.74) is -9.63. The average molecular weight is 1120 g/mol. The summed E-state index contributed by atoms with van der Waals surface area (Å²) in [5, 5.41) is 83.6. The summed E-state index contributed by atoms with van der Waals surface area (Å²) >= 11 is 0. The Balaban J connectivity index is 0.821. The highest BCUT2D eigenvalue weighted by Gasteiger charge is 2.82. The molecule has 0 bridgehead atoms. The van der Waals surface area contributed by atoms with E-state index in [9.17, 15) is 40.5 Å². The van der Waals surface area contributed by atoms with Gasteiger partial charge in [0.25, 0.3) is 0 Å². The van der Waals surface area contributed by atoms with Crippen LogP contribution in [-0.4, -0.2) is 215 Å². The largest absolute Gasteiger partial charge is 0.458 e. The van der Waals surface area contributed by atoms with Crippen molar-refractivity contribution < 1.29 is 102 Å². The Morgan fingerprint density at radius 2 is 1.20 bits per heavy atom. The molecule has 0 radical (unpaired) electrons. The van der Waals surface area contributed by atoms with Gasteiger partial charge in [0, 0.05) is 71.5 Å². The van der Waals surface area contributed by atoms with Crippen molar-refractivity contribution >= 4 is 12.0 Å². The van der Waals surface area contributed by atoms with E-state index in [1.165, 1.54) is 26.2 Å². The maximum atomic E-state index is 13.7. The second-order valence-electron chi connectivity index (χ2n) is 24.2. The molecule has 27 atom stereocenters. The lowest BCUT2D eigenvalue weighted by Gasteiger charge is -2.68. The van der Waals surface area contributed by atoms with Crippen LogP contribution >= 0.6 is 0 Å². The average Bonchev–Trinajstić information content (AvgIpc) is 2.30. The number of hydrogen-bond donors (Lipinski definition) is 7. The number of hydrogen-bond acceptors (Lipinski definition) is 21. The summed E-state index contributed by atoms with van der Waals surface area (Å²) in [7, 11) is 6.18. The molecule has 446 valence electrons. The normalized spacial score (nSPS) is 50.4. The molecule has 8 aliphatic rings. The molecule has 1 aromatic rings. The van der Waals surface area contributed by atoms with Crippen LogP contribution in [0.2, 0.25) is 0 Å². The Morgan fingerprint density at radius 1 is 0.658 bits per heavy atom. The maximum Gasteiger partial charge on any atom is 0.331 e. The van der Waals surface area contributed by atoms with Crippen LogP contribution in [0.25, 0.3) is 6.08 Å². The van der Waals surface area contributed by atoms with Gasteiger partial charge < -0.3 is 97.3 Å². The third-order valence-electron chi connectivity index (χ3n) is 20.0. The highest BCUT2D eigenvalue weighted by atomic mass is 16.8. The molecule has 79 heavy (non-hydrogen) atoms. The number of carbonyl (C=O) groups is 1. The zero-order valence-corrected chi connectivity index (χ0v) is 47.5. The first-order valence-electron chi connectivity index (χ1n) is 28.3. The third kappa shape index (κ3) is 10.6. The molecular weight excluding hydrogens is 1030 g/mol.